The van der Waals surface area contributed by atoms with E-state index >= 15 is 0 Å². The maximum absolute atomic E-state index is 13.2. The van der Waals surface area contributed by atoms with E-state index in [1.54, 1.807) is 12.1 Å². The van der Waals surface area contributed by atoms with Gasteiger partial charge in [0.25, 0.3) is 0 Å². The smallest absolute Gasteiger partial charge is 0.416 e. The van der Waals surface area contributed by atoms with Crippen molar-refractivity contribution >= 4 is 31.9 Å². The third-order valence-electron chi connectivity index (χ3n) is 4.91. The van der Waals surface area contributed by atoms with E-state index < -0.39 is 45.3 Å². The zero-order valence-electron chi connectivity index (χ0n) is 16.7. The number of hydrogen-bond donors (Lipinski definition) is 2. The predicted octanol–water partition coefficient (Wildman–Crippen LogP) is 4.30. The first-order valence-electron chi connectivity index (χ1n) is 9.36. The highest BCUT2D eigenvalue weighted by Gasteiger charge is 2.34. The van der Waals surface area contributed by atoms with E-state index in [2.05, 4.69) is 20.7 Å². The van der Waals surface area contributed by atoms with Crippen molar-refractivity contribution in [2.75, 3.05) is 13.7 Å². The van der Waals surface area contributed by atoms with Gasteiger partial charge in [0.05, 0.1) is 17.6 Å². The molecule has 12 heteroatoms. The minimum absolute atomic E-state index is 0.239. The third-order valence-corrected chi connectivity index (χ3v) is 6.81. The molecular formula is C20H19BrF3NO6S. The summed E-state index contributed by atoms with van der Waals surface area (Å²) in [5.41, 5.74) is 0.0666. The molecule has 2 aromatic carbocycles. The van der Waals surface area contributed by atoms with Crippen molar-refractivity contribution in [1.82, 2.24) is 4.72 Å². The van der Waals surface area contributed by atoms with Crippen molar-refractivity contribution in [2.45, 2.75) is 36.4 Å². The normalized spacial score (nSPS) is 16.3. The number of sulfonamides is 1. The summed E-state index contributed by atoms with van der Waals surface area (Å²) >= 11 is 3.30. The van der Waals surface area contributed by atoms with Crippen LogP contribution in [0.3, 0.4) is 0 Å². The van der Waals surface area contributed by atoms with Crippen molar-refractivity contribution in [3.05, 3.63) is 51.5 Å². The molecule has 0 heterocycles. The number of aliphatic carboxylic acids is 1. The van der Waals surface area contributed by atoms with E-state index in [0.29, 0.717) is 46.7 Å². The van der Waals surface area contributed by atoms with E-state index in [4.69, 9.17) is 14.6 Å². The molecule has 0 saturated carbocycles. The second kappa shape index (κ2) is 9.28. The second-order valence-electron chi connectivity index (χ2n) is 7.12. The molecule has 0 saturated heterocycles. The van der Waals surface area contributed by atoms with E-state index in [0.717, 1.165) is 19.2 Å². The van der Waals surface area contributed by atoms with Gasteiger partial charge in [-0.05, 0) is 54.7 Å². The summed E-state index contributed by atoms with van der Waals surface area (Å²) in [4.78, 5) is 10.3. The summed E-state index contributed by atoms with van der Waals surface area (Å²) in [7, 11) is -3.20. The monoisotopic (exact) mass is 537 g/mol. The van der Waals surface area contributed by atoms with Crippen molar-refractivity contribution in [1.29, 1.82) is 0 Å². The summed E-state index contributed by atoms with van der Waals surface area (Å²) in [6.07, 6.45) is -3.25. The van der Waals surface area contributed by atoms with Crippen molar-refractivity contribution in [3.8, 4) is 11.5 Å². The van der Waals surface area contributed by atoms with Gasteiger partial charge in [-0.2, -0.15) is 13.2 Å². The van der Waals surface area contributed by atoms with Gasteiger partial charge in [-0.15, -0.1) is 0 Å². The second-order valence-corrected chi connectivity index (χ2v) is 9.74. The molecule has 2 aromatic rings. The Bertz CT molecular complexity index is 1140. The molecule has 0 amide bonds. The van der Waals surface area contributed by atoms with Crippen LogP contribution in [-0.4, -0.2) is 33.2 Å². The van der Waals surface area contributed by atoms with Gasteiger partial charge in [0.15, 0.2) is 6.61 Å². The van der Waals surface area contributed by atoms with E-state index in [1.807, 2.05) is 0 Å². The molecule has 32 heavy (non-hydrogen) atoms. The number of methoxy groups -OCH3 is 1. The number of ether oxygens (including phenoxy) is 2. The lowest BCUT2D eigenvalue weighted by molar-refractivity contribution is -0.139. The minimum atomic E-state index is -4.75. The number of nitrogens with one attached hydrogen (secondary N) is 1. The van der Waals surface area contributed by atoms with Gasteiger partial charge in [0.1, 0.15) is 11.5 Å². The van der Waals surface area contributed by atoms with E-state index in [1.165, 1.54) is 0 Å². The highest BCUT2D eigenvalue weighted by molar-refractivity contribution is 9.10. The van der Waals surface area contributed by atoms with Gasteiger partial charge in [0, 0.05) is 16.6 Å². The van der Waals surface area contributed by atoms with Crippen LogP contribution in [-0.2, 0) is 27.4 Å². The maximum Gasteiger partial charge on any atom is 0.416 e. The summed E-state index contributed by atoms with van der Waals surface area (Å²) in [6, 6.07) is 4.82. The summed E-state index contributed by atoms with van der Waals surface area (Å²) in [5.74, 6) is -1.09. The van der Waals surface area contributed by atoms with Gasteiger partial charge < -0.3 is 14.6 Å². The largest absolute Gasteiger partial charge is 0.497 e. The van der Waals surface area contributed by atoms with Crippen LogP contribution in [0.1, 0.15) is 35.6 Å². The molecule has 0 bridgehead atoms. The highest BCUT2D eigenvalue weighted by atomic mass is 79.9. The molecule has 0 spiro atoms. The standard InChI is InChI=1S/C20H19BrF3NO6S/c1-30-13-5-11(20(22,23)24)6-14(9-13)32(28,29)25-17-4-2-3-15-16(17)7-12(21)8-18(15)31-10-19(26)27/h5-9,17,25H,2-4,10H2,1H3,(H,26,27)/t17-/m1/s1. The van der Waals surface area contributed by atoms with Crippen LogP contribution < -0.4 is 14.2 Å². The average Bonchev–Trinajstić information content (AvgIpc) is 2.71. The molecule has 0 unspecified atom stereocenters. The van der Waals surface area contributed by atoms with Crippen LogP contribution in [0.25, 0.3) is 0 Å². The molecule has 1 aliphatic rings. The van der Waals surface area contributed by atoms with Crippen LogP contribution in [0.15, 0.2) is 39.7 Å². The van der Waals surface area contributed by atoms with Gasteiger partial charge in [-0.3, -0.25) is 0 Å². The number of carboxylic acid groups (broad SMARTS) is 1. The number of carbonyl (C=O) groups is 1. The first-order chi connectivity index (χ1) is 14.9. The van der Waals surface area contributed by atoms with Gasteiger partial charge >= 0.3 is 12.1 Å². The Morgan fingerprint density at radius 2 is 1.97 bits per heavy atom. The van der Waals surface area contributed by atoms with Crippen LogP contribution in [0.2, 0.25) is 0 Å². The Labute approximate surface area is 190 Å². The number of hydrogen-bond acceptors (Lipinski definition) is 5. The van der Waals surface area contributed by atoms with Crippen molar-refractivity contribution in [2.24, 2.45) is 0 Å². The molecule has 0 radical (unpaired) electrons. The quantitative estimate of drug-likeness (QED) is 0.546. The third kappa shape index (κ3) is 5.54. The number of fused-ring (bicyclic) bond motifs is 1. The zero-order chi connectivity index (χ0) is 23.7. The fourth-order valence-corrected chi connectivity index (χ4v) is 5.27. The number of alkyl halides is 3. The fraction of sp³-hybridized carbons (Fsp3) is 0.350. The molecular weight excluding hydrogens is 519 g/mol. The molecule has 7 nitrogen and oxygen atoms in total. The Balaban J connectivity index is 1.98. The Morgan fingerprint density at radius 3 is 2.59 bits per heavy atom. The lowest BCUT2D eigenvalue weighted by Gasteiger charge is -2.28. The first-order valence-corrected chi connectivity index (χ1v) is 11.6. The van der Waals surface area contributed by atoms with Crippen molar-refractivity contribution < 1.29 is 41.0 Å². The van der Waals surface area contributed by atoms with Gasteiger partial charge in [-0.25, -0.2) is 17.9 Å². The SMILES string of the molecule is COc1cc(C(F)(F)F)cc(S(=O)(=O)N[C@@H]2CCCc3c(OCC(=O)O)cc(Br)cc32)c1. The highest BCUT2D eigenvalue weighted by Crippen LogP contribution is 2.39. The van der Waals surface area contributed by atoms with Crippen LogP contribution in [0, 0.1) is 0 Å². The first kappa shape index (κ1) is 24.3. The predicted molar refractivity (Wildman–Crippen MR) is 111 cm³/mol. The number of rotatable bonds is 7. The number of carboxylic acids is 1. The number of benzene rings is 2. The Kier molecular flexibility index (Phi) is 7.06. The summed E-state index contributed by atoms with van der Waals surface area (Å²) in [6.45, 7) is -0.566. The molecule has 2 N–H and O–H groups in total. The van der Waals surface area contributed by atoms with Crippen LogP contribution in [0.4, 0.5) is 13.2 Å². The lowest BCUT2D eigenvalue weighted by atomic mass is 9.87. The van der Waals surface area contributed by atoms with Crippen molar-refractivity contribution in [3.63, 3.8) is 0 Å². The molecule has 174 valence electrons. The molecule has 0 aliphatic heterocycles. The molecule has 1 atom stereocenters. The fourth-order valence-electron chi connectivity index (χ4n) is 3.50. The molecule has 1 aliphatic carbocycles. The molecule has 3 rings (SSSR count). The Hall–Kier alpha value is -2.31. The molecule has 0 fully saturated rings. The van der Waals surface area contributed by atoms with Crippen LogP contribution >= 0.6 is 15.9 Å². The summed E-state index contributed by atoms with van der Waals surface area (Å²) < 4.78 is 78.8. The lowest BCUT2D eigenvalue weighted by Crippen LogP contribution is -2.31. The molecule has 0 aromatic heterocycles. The zero-order valence-corrected chi connectivity index (χ0v) is 19.1. The van der Waals surface area contributed by atoms with E-state index in [9.17, 15) is 26.4 Å². The van der Waals surface area contributed by atoms with Crippen LogP contribution in [0.5, 0.6) is 11.5 Å². The maximum atomic E-state index is 13.2. The van der Waals surface area contributed by atoms with E-state index in [-0.39, 0.29) is 5.75 Å². The van der Waals surface area contributed by atoms with Gasteiger partial charge in [-0.1, -0.05) is 15.9 Å². The Morgan fingerprint density at radius 1 is 1.25 bits per heavy atom. The topological polar surface area (TPSA) is 102 Å². The number of halogens is 4. The average molecular weight is 538 g/mol. The minimum Gasteiger partial charge on any atom is -0.497 e. The summed E-state index contributed by atoms with van der Waals surface area (Å²) in [5, 5.41) is 8.88. The van der Waals surface area contributed by atoms with Gasteiger partial charge in [0.2, 0.25) is 10.0 Å².